The molecule has 2 rings (SSSR count). The summed E-state index contributed by atoms with van der Waals surface area (Å²) in [6.07, 6.45) is 0. The van der Waals surface area contributed by atoms with Gasteiger partial charge in [0.15, 0.2) is 0 Å². The van der Waals surface area contributed by atoms with E-state index in [1.54, 1.807) is 12.1 Å². The maximum atomic E-state index is 13.1. The zero-order chi connectivity index (χ0) is 14.9. The number of carbonyl (C=O) groups is 1. The zero-order valence-corrected chi connectivity index (χ0v) is 11.1. The lowest BCUT2D eigenvalue weighted by atomic mass is 10.1. The molecule has 3 nitrogen and oxygen atoms in total. The van der Waals surface area contributed by atoms with Gasteiger partial charge in [-0.25, -0.2) is 8.78 Å². The predicted molar refractivity (Wildman–Crippen MR) is 74.6 cm³/mol. The molecule has 0 saturated heterocycles. The van der Waals surface area contributed by atoms with Gasteiger partial charge in [-0.05, 0) is 49.2 Å². The van der Waals surface area contributed by atoms with Gasteiger partial charge in [-0.1, -0.05) is 0 Å². The minimum atomic E-state index is -0.803. The van der Waals surface area contributed by atoms with Gasteiger partial charge in [0.1, 0.15) is 11.6 Å². The first-order valence-electron chi connectivity index (χ1n) is 6.01. The summed E-state index contributed by atoms with van der Waals surface area (Å²) in [4.78, 5) is 12.0. The Hall–Kier alpha value is -2.43. The maximum absolute atomic E-state index is 13.1. The molecule has 0 aliphatic heterocycles. The number of hydrogen-bond donors (Lipinski definition) is 2. The van der Waals surface area contributed by atoms with Crippen molar-refractivity contribution in [1.82, 2.24) is 0 Å². The van der Waals surface area contributed by atoms with Gasteiger partial charge in [0, 0.05) is 11.6 Å². The fraction of sp³-hybridized carbons (Fsp3) is 0.133. The summed E-state index contributed by atoms with van der Waals surface area (Å²) < 4.78 is 26.2. The number of nitrogens with two attached hydrogens (primary N) is 1. The number of hydrogen-bond acceptors (Lipinski definition) is 2. The molecule has 0 aliphatic carbocycles. The monoisotopic (exact) mass is 276 g/mol. The van der Waals surface area contributed by atoms with Crippen molar-refractivity contribution in [1.29, 1.82) is 0 Å². The number of nitrogen functional groups attached to an aromatic ring is 1. The Morgan fingerprint density at radius 3 is 2.15 bits per heavy atom. The van der Waals surface area contributed by atoms with E-state index >= 15 is 0 Å². The highest BCUT2D eigenvalue weighted by Gasteiger charge is 2.11. The topological polar surface area (TPSA) is 55.1 Å². The summed E-state index contributed by atoms with van der Waals surface area (Å²) in [6, 6.07) is 6.10. The first kappa shape index (κ1) is 14.0. The van der Waals surface area contributed by atoms with Crippen LogP contribution in [0.3, 0.4) is 0 Å². The second-order valence-electron chi connectivity index (χ2n) is 4.64. The van der Waals surface area contributed by atoms with E-state index in [4.69, 9.17) is 5.73 Å². The SMILES string of the molecule is Cc1cc(N)c(NC(=O)c2cc(F)cc(F)c2)cc1C. The number of anilines is 2. The van der Waals surface area contributed by atoms with E-state index in [0.29, 0.717) is 17.4 Å². The second-order valence-corrected chi connectivity index (χ2v) is 4.64. The molecule has 104 valence electrons. The number of aryl methyl sites for hydroxylation is 2. The number of halogens is 2. The summed E-state index contributed by atoms with van der Waals surface area (Å²) in [5.41, 5.74) is 8.49. The Morgan fingerprint density at radius 1 is 1.00 bits per heavy atom. The Morgan fingerprint density at radius 2 is 1.55 bits per heavy atom. The fourth-order valence-electron chi connectivity index (χ4n) is 1.83. The molecule has 0 radical (unpaired) electrons. The van der Waals surface area contributed by atoms with Crippen LogP contribution in [0.4, 0.5) is 20.2 Å². The third kappa shape index (κ3) is 2.93. The molecule has 0 fully saturated rings. The lowest BCUT2D eigenvalue weighted by Gasteiger charge is -2.11. The van der Waals surface area contributed by atoms with Gasteiger partial charge in [-0.3, -0.25) is 4.79 Å². The Balaban J connectivity index is 2.30. The lowest BCUT2D eigenvalue weighted by molar-refractivity contribution is 0.102. The predicted octanol–water partition coefficient (Wildman–Crippen LogP) is 3.42. The van der Waals surface area contributed by atoms with Crippen molar-refractivity contribution in [3.05, 3.63) is 58.7 Å². The van der Waals surface area contributed by atoms with Crippen molar-refractivity contribution in [2.24, 2.45) is 0 Å². The fourth-order valence-corrected chi connectivity index (χ4v) is 1.83. The average molecular weight is 276 g/mol. The van der Waals surface area contributed by atoms with E-state index in [9.17, 15) is 13.6 Å². The van der Waals surface area contributed by atoms with Gasteiger partial charge in [0.05, 0.1) is 11.4 Å². The number of carbonyl (C=O) groups excluding carboxylic acids is 1. The molecular weight excluding hydrogens is 262 g/mol. The van der Waals surface area contributed by atoms with E-state index in [1.165, 1.54) is 0 Å². The molecule has 5 heteroatoms. The van der Waals surface area contributed by atoms with Crippen LogP contribution < -0.4 is 11.1 Å². The van der Waals surface area contributed by atoms with E-state index in [1.807, 2.05) is 13.8 Å². The maximum Gasteiger partial charge on any atom is 0.255 e. The van der Waals surface area contributed by atoms with E-state index in [-0.39, 0.29) is 5.56 Å². The molecule has 0 unspecified atom stereocenters. The number of amides is 1. The van der Waals surface area contributed by atoms with Gasteiger partial charge < -0.3 is 11.1 Å². The van der Waals surface area contributed by atoms with Gasteiger partial charge in [-0.2, -0.15) is 0 Å². The summed E-state index contributed by atoms with van der Waals surface area (Å²) in [7, 11) is 0. The van der Waals surface area contributed by atoms with Crippen LogP contribution in [0, 0.1) is 25.5 Å². The van der Waals surface area contributed by atoms with Gasteiger partial charge in [0.2, 0.25) is 0 Å². The highest BCUT2D eigenvalue weighted by atomic mass is 19.1. The van der Waals surface area contributed by atoms with Crippen LogP contribution in [0.2, 0.25) is 0 Å². The van der Waals surface area contributed by atoms with Crippen LogP contribution in [0.5, 0.6) is 0 Å². The quantitative estimate of drug-likeness (QED) is 0.826. The van der Waals surface area contributed by atoms with Gasteiger partial charge in [-0.15, -0.1) is 0 Å². The van der Waals surface area contributed by atoms with Crippen LogP contribution in [-0.2, 0) is 0 Å². The molecule has 0 heterocycles. The van der Waals surface area contributed by atoms with E-state index in [0.717, 1.165) is 23.3 Å². The van der Waals surface area contributed by atoms with Crippen LogP contribution in [0.25, 0.3) is 0 Å². The van der Waals surface area contributed by atoms with Crippen molar-refractivity contribution in [3.8, 4) is 0 Å². The molecule has 0 atom stereocenters. The summed E-state index contributed by atoms with van der Waals surface area (Å²) >= 11 is 0. The van der Waals surface area contributed by atoms with Crippen molar-refractivity contribution >= 4 is 17.3 Å². The van der Waals surface area contributed by atoms with Crippen LogP contribution in [-0.4, -0.2) is 5.91 Å². The van der Waals surface area contributed by atoms with Gasteiger partial charge >= 0.3 is 0 Å². The first-order chi connectivity index (χ1) is 9.36. The lowest BCUT2D eigenvalue weighted by Crippen LogP contribution is -2.14. The minimum absolute atomic E-state index is 0.0971. The average Bonchev–Trinajstić information content (AvgIpc) is 2.34. The summed E-state index contributed by atoms with van der Waals surface area (Å²) in [6.45, 7) is 3.78. The molecule has 1 amide bonds. The Labute approximate surface area is 115 Å². The van der Waals surface area contributed by atoms with Crippen molar-refractivity contribution in [2.45, 2.75) is 13.8 Å². The van der Waals surface area contributed by atoms with Crippen LogP contribution in [0.15, 0.2) is 30.3 Å². The molecule has 0 saturated carbocycles. The van der Waals surface area contributed by atoms with Crippen molar-refractivity contribution < 1.29 is 13.6 Å². The molecule has 0 bridgehead atoms. The molecule has 0 spiro atoms. The largest absolute Gasteiger partial charge is 0.397 e. The first-order valence-corrected chi connectivity index (χ1v) is 6.01. The van der Waals surface area contributed by atoms with Gasteiger partial charge in [0.25, 0.3) is 5.91 Å². The molecule has 0 aliphatic rings. The molecule has 2 aromatic carbocycles. The number of nitrogens with one attached hydrogen (secondary N) is 1. The number of benzene rings is 2. The van der Waals surface area contributed by atoms with E-state index in [2.05, 4.69) is 5.32 Å². The third-order valence-electron chi connectivity index (χ3n) is 3.04. The Bertz CT molecular complexity index is 664. The molecule has 0 aromatic heterocycles. The number of rotatable bonds is 2. The van der Waals surface area contributed by atoms with Crippen molar-refractivity contribution in [2.75, 3.05) is 11.1 Å². The summed E-state index contributed by atoms with van der Waals surface area (Å²) in [5.74, 6) is -2.22. The molecular formula is C15H14F2N2O. The van der Waals surface area contributed by atoms with E-state index < -0.39 is 17.5 Å². The normalized spacial score (nSPS) is 10.4. The smallest absolute Gasteiger partial charge is 0.255 e. The second kappa shape index (κ2) is 5.28. The minimum Gasteiger partial charge on any atom is -0.397 e. The van der Waals surface area contributed by atoms with Crippen LogP contribution >= 0.6 is 0 Å². The molecule has 3 N–H and O–H groups in total. The summed E-state index contributed by atoms with van der Waals surface area (Å²) in [5, 5.41) is 2.55. The van der Waals surface area contributed by atoms with Crippen LogP contribution in [0.1, 0.15) is 21.5 Å². The third-order valence-corrected chi connectivity index (χ3v) is 3.04. The van der Waals surface area contributed by atoms with Crippen molar-refractivity contribution in [3.63, 3.8) is 0 Å². The standard InChI is InChI=1S/C15H14F2N2O/c1-8-3-13(18)14(4-9(8)2)19-15(20)10-5-11(16)7-12(17)6-10/h3-7H,18H2,1-2H3,(H,19,20). The Kier molecular flexibility index (Phi) is 3.70. The highest BCUT2D eigenvalue weighted by molar-refractivity contribution is 6.05. The molecule has 20 heavy (non-hydrogen) atoms. The highest BCUT2D eigenvalue weighted by Crippen LogP contribution is 2.23. The molecule has 2 aromatic rings. The zero-order valence-electron chi connectivity index (χ0n) is 11.1.